The smallest absolute Gasteiger partial charge is 0.0467 e. The molecular weight excluding hydrogens is 290 g/mol. The maximum Gasteiger partial charge on any atom is 0.0467 e. The zero-order valence-electron chi connectivity index (χ0n) is 14.1. The van der Waals surface area contributed by atoms with Crippen molar-refractivity contribution < 1.29 is 0 Å². The minimum Gasteiger partial charge on any atom is -0.398 e. The van der Waals surface area contributed by atoms with E-state index in [1.54, 1.807) is 0 Å². The van der Waals surface area contributed by atoms with E-state index in [0.29, 0.717) is 0 Å². The quantitative estimate of drug-likeness (QED) is 0.596. The molecule has 0 fully saturated rings. The van der Waals surface area contributed by atoms with Gasteiger partial charge >= 0.3 is 0 Å². The minimum absolute atomic E-state index is 0.839. The van der Waals surface area contributed by atoms with E-state index in [4.69, 9.17) is 5.73 Å². The van der Waals surface area contributed by atoms with Crippen LogP contribution < -0.4 is 5.73 Å². The van der Waals surface area contributed by atoms with Crippen LogP contribution in [0.5, 0.6) is 0 Å². The lowest BCUT2D eigenvalue weighted by Crippen LogP contribution is -1.94. The summed E-state index contributed by atoms with van der Waals surface area (Å²) >= 11 is 0. The van der Waals surface area contributed by atoms with E-state index in [9.17, 15) is 0 Å². The molecular formula is C23H23N. The third-order valence-electron chi connectivity index (χ3n) is 4.31. The van der Waals surface area contributed by atoms with Crippen LogP contribution in [0.2, 0.25) is 0 Å². The summed E-state index contributed by atoms with van der Waals surface area (Å²) in [7, 11) is 0. The van der Waals surface area contributed by atoms with Gasteiger partial charge in [-0.3, -0.25) is 0 Å². The van der Waals surface area contributed by atoms with E-state index < -0.39 is 0 Å². The fourth-order valence-corrected chi connectivity index (χ4v) is 2.84. The first kappa shape index (κ1) is 16.1. The first-order valence-corrected chi connectivity index (χ1v) is 8.46. The molecule has 24 heavy (non-hydrogen) atoms. The molecule has 0 amide bonds. The van der Waals surface area contributed by atoms with Crippen molar-refractivity contribution in [1.29, 1.82) is 0 Å². The lowest BCUT2D eigenvalue weighted by molar-refractivity contribution is 1.14. The van der Waals surface area contributed by atoms with Gasteiger partial charge in [0.25, 0.3) is 0 Å². The predicted molar refractivity (Wildman–Crippen MR) is 105 cm³/mol. The SMILES string of the molecule is CCc1ccc(-c2cccc(/C=C\Cc3ccccc3)c2N)cc1. The van der Waals surface area contributed by atoms with Crippen molar-refractivity contribution in [2.75, 3.05) is 5.73 Å². The number of allylic oxidation sites excluding steroid dienone is 1. The Morgan fingerprint density at radius 1 is 0.792 bits per heavy atom. The van der Waals surface area contributed by atoms with Crippen molar-refractivity contribution in [3.05, 3.63) is 95.6 Å². The van der Waals surface area contributed by atoms with Crippen LogP contribution in [0.25, 0.3) is 17.2 Å². The molecule has 0 unspecified atom stereocenters. The molecule has 0 aliphatic rings. The monoisotopic (exact) mass is 313 g/mol. The Morgan fingerprint density at radius 3 is 2.25 bits per heavy atom. The first-order valence-electron chi connectivity index (χ1n) is 8.46. The highest BCUT2D eigenvalue weighted by Gasteiger charge is 2.05. The lowest BCUT2D eigenvalue weighted by Gasteiger charge is -2.09. The summed E-state index contributed by atoms with van der Waals surface area (Å²) in [4.78, 5) is 0. The summed E-state index contributed by atoms with van der Waals surface area (Å²) in [5, 5.41) is 0. The van der Waals surface area contributed by atoms with Gasteiger partial charge in [-0.25, -0.2) is 0 Å². The molecule has 1 nitrogen and oxygen atoms in total. The first-order chi connectivity index (χ1) is 11.8. The zero-order valence-corrected chi connectivity index (χ0v) is 14.1. The van der Waals surface area contributed by atoms with E-state index in [2.05, 4.69) is 85.8 Å². The second-order valence-electron chi connectivity index (χ2n) is 5.95. The van der Waals surface area contributed by atoms with Gasteiger partial charge in [-0.2, -0.15) is 0 Å². The standard InChI is InChI=1S/C23H23N/c1-2-18-14-16-20(17-15-18)22-13-7-12-21(23(22)24)11-6-10-19-8-4-3-5-9-19/h3-9,11-17H,2,10,24H2,1H3/b11-6-. The van der Waals surface area contributed by atoms with E-state index in [1.807, 2.05) is 6.07 Å². The molecule has 0 aromatic heterocycles. The summed E-state index contributed by atoms with van der Waals surface area (Å²) < 4.78 is 0. The summed E-state index contributed by atoms with van der Waals surface area (Å²) in [6.07, 6.45) is 6.25. The van der Waals surface area contributed by atoms with Crippen LogP contribution in [0.3, 0.4) is 0 Å². The third-order valence-corrected chi connectivity index (χ3v) is 4.31. The topological polar surface area (TPSA) is 26.0 Å². The van der Waals surface area contributed by atoms with Crippen LogP contribution >= 0.6 is 0 Å². The summed E-state index contributed by atoms with van der Waals surface area (Å²) in [5.41, 5.74) is 13.2. The third kappa shape index (κ3) is 3.75. The number of nitrogen functional groups attached to an aromatic ring is 1. The van der Waals surface area contributed by atoms with Gasteiger partial charge in [-0.15, -0.1) is 0 Å². The largest absolute Gasteiger partial charge is 0.398 e. The van der Waals surface area contributed by atoms with Crippen molar-refractivity contribution in [1.82, 2.24) is 0 Å². The summed E-state index contributed by atoms with van der Waals surface area (Å²) in [6.45, 7) is 2.17. The fraction of sp³-hybridized carbons (Fsp3) is 0.130. The van der Waals surface area contributed by atoms with Gasteiger partial charge in [0.05, 0.1) is 0 Å². The Hall–Kier alpha value is -2.80. The number of hydrogen-bond donors (Lipinski definition) is 1. The second-order valence-corrected chi connectivity index (χ2v) is 5.95. The molecule has 3 aromatic rings. The van der Waals surface area contributed by atoms with Crippen LogP contribution in [0.1, 0.15) is 23.6 Å². The minimum atomic E-state index is 0.839. The van der Waals surface area contributed by atoms with Gasteiger partial charge < -0.3 is 5.73 Å². The molecule has 0 spiro atoms. The number of aryl methyl sites for hydroxylation is 1. The van der Waals surface area contributed by atoms with Crippen molar-refractivity contribution >= 4 is 11.8 Å². The molecule has 3 aromatic carbocycles. The number of hydrogen-bond acceptors (Lipinski definition) is 1. The molecule has 0 atom stereocenters. The highest BCUT2D eigenvalue weighted by molar-refractivity contribution is 5.83. The Bertz CT molecular complexity index is 814. The molecule has 0 saturated carbocycles. The van der Waals surface area contributed by atoms with Crippen LogP contribution in [-0.2, 0) is 12.8 Å². The zero-order chi connectivity index (χ0) is 16.8. The average molecular weight is 313 g/mol. The van der Waals surface area contributed by atoms with Crippen LogP contribution in [0.15, 0.2) is 78.9 Å². The molecule has 3 rings (SSSR count). The Labute approximate surface area is 144 Å². The predicted octanol–water partition coefficient (Wildman–Crippen LogP) is 5.75. The Kier molecular flexibility index (Phi) is 5.12. The molecule has 0 aliphatic carbocycles. The molecule has 0 aliphatic heterocycles. The van der Waals surface area contributed by atoms with Gasteiger partial charge in [0.2, 0.25) is 0 Å². The highest BCUT2D eigenvalue weighted by atomic mass is 14.6. The number of benzene rings is 3. The number of rotatable bonds is 5. The molecule has 1 heteroatoms. The summed E-state index contributed by atoms with van der Waals surface area (Å²) in [6, 6.07) is 25.3. The van der Waals surface area contributed by atoms with E-state index >= 15 is 0 Å². The number of anilines is 1. The van der Waals surface area contributed by atoms with Crippen LogP contribution in [-0.4, -0.2) is 0 Å². The molecule has 120 valence electrons. The second kappa shape index (κ2) is 7.65. The highest BCUT2D eigenvalue weighted by Crippen LogP contribution is 2.29. The van der Waals surface area contributed by atoms with Gasteiger partial charge in [-0.05, 0) is 35.1 Å². The molecule has 0 heterocycles. The van der Waals surface area contributed by atoms with Crippen molar-refractivity contribution in [3.63, 3.8) is 0 Å². The Morgan fingerprint density at radius 2 is 1.54 bits per heavy atom. The molecule has 0 saturated heterocycles. The fourth-order valence-electron chi connectivity index (χ4n) is 2.84. The molecule has 2 N–H and O–H groups in total. The average Bonchev–Trinajstić information content (AvgIpc) is 2.64. The normalized spacial score (nSPS) is 11.0. The summed E-state index contributed by atoms with van der Waals surface area (Å²) in [5.74, 6) is 0. The van der Waals surface area contributed by atoms with E-state index in [-0.39, 0.29) is 0 Å². The van der Waals surface area contributed by atoms with Gasteiger partial charge in [0.15, 0.2) is 0 Å². The van der Waals surface area contributed by atoms with Crippen molar-refractivity contribution in [3.8, 4) is 11.1 Å². The maximum atomic E-state index is 6.41. The van der Waals surface area contributed by atoms with E-state index in [0.717, 1.165) is 29.7 Å². The Balaban J connectivity index is 1.82. The van der Waals surface area contributed by atoms with Crippen molar-refractivity contribution in [2.45, 2.75) is 19.8 Å². The maximum absolute atomic E-state index is 6.41. The van der Waals surface area contributed by atoms with Crippen LogP contribution in [0, 0.1) is 0 Å². The number of nitrogens with two attached hydrogens (primary N) is 1. The molecule has 0 radical (unpaired) electrons. The lowest BCUT2D eigenvalue weighted by atomic mass is 9.98. The van der Waals surface area contributed by atoms with Gasteiger partial charge in [0, 0.05) is 11.3 Å². The van der Waals surface area contributed by atoms with Crippen LogP contribution in [0.4, 0.5) is 5.69 Å². The number of para-hydroxylation sites is 1. The van der Waals surface area contributed by atoms with Crippen molar-refractivity contribution in [2.24, 2.45) is 0 Å². The van der Waals surface area contributed by atoms with Gasteiger partial charge in [0.1, 0.15) is 0 Å². The van der Waals surface area contributed by atoms with Gasteiger partial charge in [-0.1, -0.05) is 91.9 Å². The van der Waals surface area contributed by atoms with E-state index in [1.165, 1.54) is 16.7 Å². The molecule has 0 bridgehead atoms.